The summed E-state index contributed by atoms with van der Waals surface area (Å²) in [5.74, 6) is 0.633. The summed E-state index contributed by atoms with van der Waals surface area (Å²) in [4.78, 5) is 24.9. The number of urea groups is 1. The molecular formula is C11H21N3O3S. The fraction of sp³-hybridized carbons (Fsp3) is 0.818. The minimum Gasteiger partial charge on any atom is -0.394 e. The minimum atomic E-state index is -0.686. The van der Waals surface area contributed by atoms with Gasteiger partial charge < -0.3 is 21.1 Å². The molecule has 0 radical (unpaired) electrons. The van der Waals surface area contributed by atoms with Crippen LogP contribution in [0, 0.1) is 0 Å². The van der Waals surface area contributed by atoms with Gasteiger partial charge in [-0.3, -0.25) is 4.79 Å². The molecule has 0 aliphatic carbocycles. The smallest absolute Gasteiger partial charge is 0.312 e. The molecule has 0 spiro atoms. The van der Waals surface area contributed by atoms with Crippen LogP contribution in [0.3, 0.4) is 0 Å². The molecular weight excluding hydrogens is 254 g/mol. The molecule has 1 rings (SSSR count). The third kappa shape index (κ3) is 4.06. The van der Waals surface area contributed by atoms with Crippen LogP contribution in [0.25, 0.3) is 0 Å². The summed E-state index contributed by atoms with van der Waals surface area (Å²) in [7, 11) is 0. The molecule has 1 heterocycles. The predicted molar refractivity (Wildman–Crippen MR) is 71.3 cm³/mol. The highest BCUT2D eigenvalue weighted by Crippen LogP contribution is 2.18. The third-order valence-electron chi connectivity index (χ3n) is 3.10. The van der Waals surface area contributed by atoms with Gasteiger partial charge in [-0.2, -0.15) is 11.8 Å². The van der Waals surface area contributed by atoms with Gasteiger partial charge in [0.05, 0.1) is 12.6 Å². The molecule has 1 saturated heterocycles. The summed E-state index contributed by atoms with van der Waals surface area (Å²) < 4.78 is 0. The first kappa shape index (κ1) is 15.1. The quantitative estimate of drug-likeness (QED) is 0.623. The fourth-order valence-corrected chi connectivity index (χ4v) is 2.65. The topological polar surface area (TPSA) is 95.7 Å². The first-order valence-electron chi connectivity index (χ1n) is 6.06. The summed E-state index contributed by atoms with van der Waals surface area (Å²) in [6.45, 7) is 0.609. The number of nitrogens with one attached hydrogen (secondary N) is 1. The molecule has 0 aromatic heterocycles. The van der Waals surface area contributed by atoms with Gasteiger partial charge in [-0.15, -0.1) is 0 Å². The standard InChI is InChI=1S/C11H21N3O3S/c1-18-6-4-9(13-11(12)17)10(16)14-5-2-3-8(14)7-15/h8-9,15H,2-7H2,1H3,(H3,12,13,17)/t8-,9?/m0/s1. The van der Waals surface area contributed by atoms with Gasteiger partial charge in [0.2, 0.25) is 5.91 Å². The first-order valence-corrected chi connectivity index (χ1v) is 7.45. The van der Waals surface area contributed by atoms with Crippen LogP contribution in [-0.4, -0.2) is 59.2 Å². The van der Waals surface area contributed by atoms with Gasteiger partial charge in [0.25, 0.3) is 0 Å². The van der Waals surface area contributed by atoms with Gasteiger partial charge >= 0.3 is 6.03 Å². The van der Waals surface area contributed by atoms with E-state index in [0.717, 1.165) is 18.6 Å². The molecule has 1 aliphatic rings. The second kappa shape index (κ2) is 7.48. The highest BCUT2D eigenvalue weighted by Gasteiger charge is 2.32. The summed E-state index contributed by atoms with van der Waals surface area (Å²) >= 11 is 1.61. The van der Waals surface area contributed by atoms with Gasteiger partial charge in [-0.05, 0) is 31.3 Å². The molecule has 1 aliphatic heterocycles. The summed E-state index contributed by atoms with van der Waals surface area (Å²) in [6, 6.07) is -1.39. The number of hydrogen-bond acceptors (Lipinski definition) is 4. The molecule has 0 bridgehead atoms. The zero-order valence-corrected chi connectivity index (χ0v) is 11.4. The average Bonchev–Trinajstić information content (AvgIpc) is 2.81. The minimum absolute atomic E-state index is 0.0302. The van der Waals surface area contributed by atoms with Crippen LogP contribution in [0.1, 0.15) is 19.3 Å². The third-order valence-corrected chi connectivity index (χ3v) is 3.74. The van der Waals surface area contributed by atoms with Crippen molar-refractivity contribution in [2.75, 3.05) is 25.2 Å². The maximum atomic E-state index is 12.3. The molecule has 6 nitrogen and oxygen atoms in total. The molecule has 7 heteroatoms. The van der Waals surface area contributed by atoms with E-state index in [4.69, 9.17) is 5.73 Å². The Hall–Kier alpha value is -0.950. The van der Waals surface area contributed by atoms with E-state index in [2.05, 4.69) is 5.32 Å². The predicted octanol–water partition coefficient (Wildman–Crippen LogP) is -0.240. The number of aliphatic hydroxyl groups excluding tert-OH is 1. The molecule has 2 atom stereocenters. The fourth-order valence-electron chi connectivity index (χ4n) is 2.18. The number of carbonyl (C=O) groups excluding carboxylic acids is 2. The van der Waals surface area contributed by atoms with Gasteiger partial charge in [0, 0.05) is 6.54 Å². The van der Waals surface area contributed by atoms with Crippen molar-refractivity contribution in [3.63, 3.8) is 0 Å². The van der Waals surface area contributed by atoms with Crippen molar-refractivity contribution in [2.24, 2.45) is 5.73 Å². The lowest BCUT2D eigenvalue weighted by Crippen LogP contribution is -2.52. The second-order valence-corrected chi connectivity index (χ2v) is 5.34. The lowest BCUT2D eigenvalue weighted by Gasteiger charge is -2.28. The summed E-state index contributed by atoms with van der Waals surface area (Å²) in [5.41, 5.74) is 5.09. The van der Waals surface area contributed by atoms with Gasteiger partial charge in [0.1, 0.15) is 6.04 Å². The molecule has 3 amide bonds. The molecule has 0 aromatic carbocycles. The van der Waals surface area contributed by atoms with E-state index < -0.39 is 12.1 Å². The van der Waals surface area contributed by atoms with Gasteiger partial charge in [-0.25, -0.2) is 4.79 Å². The Bertz CT molecular complexity index is 301. The molecule has 1 unspecified atom stereocenters. The lowest BCUT2D eigenvalue weighted by molar-refractivity contribution is -0.134. The largest absolute Gasteiger partial charge is 0.394 e. The Morgan fingerprint density at radius 2 is 2.33 bits per heavy atom. The second-order valence-electron chi connectivity index (χ2n) is 4.35. The van der Waals surface area contributed by atoms with E-state index in [9.17, 15) is 14.7 Å². The Balaban J connectivity index is 2.64. The number of thioether (sulfide) groups is 1. The van der Waals surface area contributed by atoms with E-state index in [1.165, 1.54) is 0 Å². The van der Waals surface area contributed by atoms with Crippen LogP contribution in [0.4, 0.5) is 4.79 Å². The van der Waals surface area contributed by atoms with Crippen LogP contribution in [0.15, 0.2) is 0 Å². The van der Waals surface area contributed by atoms with E-state index >= 15 is 0 Å². The number of hydrogen-bond donors (Lipinski definition) is 3. The number of carbonyl (C=O) groups is 2. The molecule has 1 fully saturated rings. The van der Waals surface area contributed by atoms with Crippen molar-refractivity contribution in [3.8, 4) is 0 Å². The van der Waals surface area contributed by atoms with E-state index in [-0.39, 0.29) is 18.6 Å². The molecule has 0 aromatic rings. The zero-order chi connectivity index (χ0) is 13.5. The normalized spacial score (nSPS) is 20.8. The maximum Gasteiger partial charge on any atom is 0.312 e. The van der Waals surface area contributed by atoms with Crippen molar-refractivity contribution >= 4 is 23.7 Å². The summed E-state index contributed by atoms with van der Waals surface area (Å²) in [5, 5.41) is 11.7. The van der Waals surface area contributed by atoms with Gasteiger partial charge in [-0.1, -0.05) is 0 Å². The zero-order valence-electron chi connectivity index (χ0n) is 10.6. The Kier molecular flexibility index (Phi) is 6.28. The van der Waals surface area contributed by atoms with Crippen LogP contribution in [-0.2, 0) is 4.79 Å². The number of nitrogens with zero attached hydrogens (tertiary/aromatic N) is 1. The number of nitrogens with two attached hydrogens (primary N) is 1. The van der Waals surface area contributed by atoms with Crippen molar-refractivity contribution in [2.45, 2.75) is 31.3 Å². The monoisotopic (exact) mass is 275 g/mol. The van der Waals surface area contributed by atoms with Crippen LogP contribution in [0.5, 0.6) is 0 Å². The lowest BCUT2D eigenvalue weighted by atomic mass is 10.1. The van der Waals surface area contributed by atoms with Crippen LogP contribution >= 0.6 is 11.8 Å². The SMILES string of the molecule is CSCCC(NC(N)=O)C(=O)N1CCC[C@H]1CO. The summed E-state index contributed by atoms with van der Waals surface area (Å²) in [6.07, 6.45) is 4.20. The van der Waals surface area contributed by atoms with Crippen LogP contribution < -0.4 is 11.1 Å². The number of primary amides is 1. The molecule has 104 valence electrons. The van der Waals surface area contributed by atoms with Crippen LogP contribution in [0.2, 0.25) is 0 Å². The highest BCUT2D eigenvalue weighted by atomic mass is 32.2. The van der Waals surface area contributed by atoms with E-state index in [1.807, 2.05) is 6.26 Å². The van der Waals surface area contributed by atoms with Crippen molar-refractivity contribution in [1.82, 2.24) is 10.2 Å². The number of likely N-dealkylation sites (tertiary alicyclic amines) is 1. The maximum absolute atomic E-state index is 12.3. The highest BCUT2D eigenvalue weighted by molar-refractivity contribution is 7.98. The van der Waals surface area contributed by atoms with E-state index in [1.54, 1.807) is 16.7 Å². The Morgan fingerprint density at radius 3 is 2.89 bits per heavy atom. The molecule has 4 N–H and O–H groups in total. The molecule has 0 saturated carbocycles. The van der Waals surface area contributed by atoms with E-state index in [0.29, 0.717) is 13.0 Å². The molecule has 18 heavy (non-hydrogen) atoms. The van der Waals surface area contributed by atoms with Crippen molar-refractivity contribution in [1.29, 1.82) is 0 Å². The van der Waals surface area contributed by atoms with Gasteiger partial charge in [0.15, 0.2) is 0 Å². The first-order chi connectivity index (χ1) is 8.60. The number of amides is 3. The Labute approximate surface area is 111 Å². The van der Waals surface area contributed by atoms with Crippen molar-refractivity contribution < 1.29 is 14.7 Å². The number of rotatable bonds is 6. The average molecular weight is 275 g/mol. The van der Waals surface area contributed by atoms with Crippen molar-refractivity contribution in [3.05, 3.63) is 0 Å². The Morgan fingerprint density at radius 1 is 1.61 bits per heavy atom. The number of aliphatic hydroxyl groups is 1.